The first-order valence-electron chi connectivity index (χ1n) is 8.07. The Morgan fingerprint density at radius 3 is 2.60 bits per heavy atom. The fourth-order valence-corrected chi connectivity index (χ4v) is 4.08. The van der Waals surface area contributed by atoms with Crippen molar-refractivity contribution in [3.05, 3.63) is 47.1 Å². The first-order valence-corrected chi connectivity index (χ1v) is 8.88. The number of rotatable bonds is 3. The quantitative estimate of drug-likeness (QED) is 0.719. The Balaban J connectivity index is 1.67. The van der Waals surface area contributed by atoms with Crippen LogP contribution >= 0.6 is 11.3 Å². The number of carbonyl (C=O) groups is 1. The molecule has 2 nitrogen and oxygen atoms in total. The van der Waals surface area contributed by atoms with Crippen LogP contribution in [0.2, 0.25) is 0 Å². The Morgan fingerprint density at radius 1 is 1.12 bits per heavy atom. The summed E-state index contributed by atoms with van der Waals surface area (Å²) in [6, 6.07) is 9.00. The molecule has 1 aromatic carbocycles. The summed E-state index contributed by atoms with van der Waals surface area (Å²) in [4.78, 5) is 13.3. The van der Waals surface area contributed by atoms with Crippen molar-refractivity contribution in [2.75, 3.05) is 0 Å². The standard InChI is InChI=1S/C18H17F4NOS/c19-14-7-2-1-6-13(14)15-8-9-16(25-15)17(24)23-12-5-3-4-11(10-12)18(20,21)22/h1-2,6-9,11-12H,3-5,10H2,(H,23,24). The van der Waals surface area contributed by atoms with E-state index in [2.05, 4.69) is 5.32 Å². The normalized spacial score (nSPS) is 21.1. The van der Waals surface area contributed by atoms with E-state index in [1.165, 1.54) is 6.07 Å². The molecule has 1 amide bonds. The van der Waals surface area contributed by atoms with E-state index in [-0.39, 0.29) is 18.7 Å². The zero-order valence-electron chi connectivity index (χ0n) is 13.3. The molecule has 134 valence electrons. The largest absolute Gasteiger partial charge is 0.391 e. The lowest BCUT2D eigenvalue weighted by Crippen LogP contribution is -2.41. The minimum Gasteiger partial charge on any atom is -0.349 e. The molecule has 7 heteroatoms. The molecule has 0 saturated heterocycles. The van der Waals surface area contributed by atoms with Crippen LogP contribution < -0.4 is 5.32 Å². The van der Waals surface area contributed by atoms with Gasteiger partial charge in [-0.15, -0.1) is 11.3 Å². The third-order valence-corrected chi connectivity index (χ3v) is 5.56. The highest BCUT2D eigenvalue weighted by Crippen LogP contribution is 2.37. The van der Waals surface area contributed by atoms with Gasteiger partial charge in [0.15, 0.2) is 0 Å². The van der Waals surface area contributed by atoms with Crippen LogP contribution in [0.15, 0.2) is 36.4 Å². The number of thiophene rings is 1. The van der Waals surface area contributed by atoms with Gasteiger partial charge in [-0.1, -0.05) is 24.6 Å². The number of carbonyl (C=O) groups excluding carboxylic acids is 1. The van der Waals surface area contributed by atoms with E-state index in [9.17, 15) is 22.4 Å². The van der Waals surface area contributed by atoms with Gasteiger partial charge in [-0.2, -0.15) is 13.2 Å². The average molecular weight is 371 g/mol. The molecule has 0 spiro atoms. The summed E-state index contributed by atoms with van der Waals surface area (Å²) in [7, 11) is 0. The first kappa shape index (κ1) is 17.9. The maximum Gasteiger partial charge on any atom is 0.391 e. The number of hydrogen-bond donors (Lipinski definition) is 1. The highest BCUT2D eigenvalue weighted by molar-refractivity contribution is 7.17. The van der Waals surface area contributed by atoms with Crippen molar-refractivity contribution in [2.45, 2.75) is 37.9 Å². The van der Waals surface area contributed by atoms with E-state index >= 15 is 0 Å². The lowest BCUT2D eigenvalue weighted by atomic mass is 9.85. The molecule has 0 radical (unpaired) electrons. The van der Waals surface area contributed by atoms with E-state index < -0.39 is 24.0 Å². The predicted octanol–water partition coefficient (Wildman–Crippen LogP) is 5.41. The van der Waals surface area contributed by atoms with Crippen molar-refractivity contribution in [2.24, 2.45) is 5.92 Å². The van der Waals surface area contributed by atoms with Crippen LogP contribution in [0.3, 0.4) is 0 Å². The Bertz CT molecular complexity index is 756. The first-order chi connectivity index (χ1) is 11.8. The van der Waals surface area contributed by atoms with Gasteiger partial charge in [0, 0.05) is 16.5 Å². The Morgan fingerprint density at radius 2 is 1.88 bits per heavy atom. The highest BCUT2D eigenvalue weighted by atomic mass is 32.1. The molecule has 2 unspecified atom stereocenters. The highest BCUT2D eigenvalue weighted by Gasteiger charge is 2.42. The maximum atomic E-state index is 13.8. The van der Waals surface area contributed by atoms with Gasteiger partial charge in [0.05, 0.1) is 10.8 Å². The van der Waals surface area contributed by atoms with Crippen LogP contribution in [-0.4, -0.2) is 18.1 Å². The minimum atomic E-state index is -4.22. The third-order valence-electron chi connectivity index (χ3n) is 4.44. The molecular weight excluding hydrogens is 354 g/mol. The molecule has 2 aromatic rings. The van der Waals surface area contributed by atoms with Gasteiger partial charge < -0.3 is 5.32 Å². The fourth-order valence-electron chi connectivity index (χ4n) is 3.14. The van der Waals surface area contributed by atoms with Gasteiger partial charge in [0.2, 0.25) is 0 Å². The molecule has 1 saturated carbocycles. The number of amides is 1. The SMILES string of the molecule is O=C(NC1CCCC(C(F)(F)F)C1)c1ccc(-c2ccccc2F)s1. The fraction of sp³-hybridized carbons (Fsp3) is 0.389. The van der Waals surface area contributed by atoms with Crippen molar-refractivity contribution in [1.29, 1.82) is 0 Å². The molecule has 1 fully saturated rings. The van der Waals surface area contributed by atoms with E-state index in [4.69, 9.17) is 0 Å². The lowest BCUT2D eigenvalue weighted by molar-refractivity contribution is -0.183. The second-order valence-corrected chi connectivity index (χ2v) is 7.30. The monoisotopic (exact) mass is 371 g/mol. The summed E-state index contributed by atoms with van der Waals surface area (Å²) < 4.78 is 52.4. The average Bonchev–Trinajstić information content (AvgIpc) is 3.04. The topological polar surface area (TPSA) is 29.1 Å². The van der Waals surface area contributed by atoms with Crippen molar-refractivity contribution < 1.29 is 22.4 Å². The number of alkyl halides is 3. The molecule has 1 aliphatic carbocycles. The third kappa shape index (κ3) is 4.21. The number of halogens is 4. The van der Waals surface area contributed by atoms with Gasteiger partial charge in [0.25, 0.3) is 5.91 Å². The molecule has 1 N–H and O–H groups in total. The summed E-state index contributed by atoms with van der Waals surface area (Å²) in [6.07, 6.45) is -3.19. The number of hydrogen-bond acceptors (Lipinski definition) is 2. The van der Waals surface area contributed by atoms with Crippen LogP contribution in [0, 0.1) is 11.7 Å². The molecule has 0 aliphatic heterocycles. The molecule has 25 heavy (non-hydrogen) atoms. The van der Waals surface area contributed by atoms with E-state index in [1.807, 2.05) is 0 Å². The van der Waals surface area contributed by atoms with Gasteiger partial charge in [0.1, 0.15) is 5.82 Å². The van der Waals surface area contributed by atoms with Crippen LogP contribution in [0.5, 0.6) is 0 Å². The predicted molar refractivity (Wildman–Crippen MR) is 89.0 cm³/mol. The molecule has 1 aliphatic rings. The van der Waals surface area contributed by atoms with Crippen molar-refractivity contribution in [3.63, 3.8) is 0 Å². The van der Waals surface area contributed by atoms with Crippen molar-refractivity contribution in [1.82, 2.24) is 5.32 Å². The number of benzene rings is 1. The van der Waals surface area contributed by atoms with Gasteiger partial charge in [-0.25, -0.2) is 4.39 Å². The van der Waals surface area contributed by atoms with Crippen LogP contribution in [-0.2, 0) is 0 Å². The summed E-state index contributed by atoms with van der Waals surface area (Å²) in [5.74, 6) is -2.14. The van der Waals surface area contributed by atoms with E-state index in [0.29, 0.717) is 28.2 Å². The van der Waals surface area contributed by atoms with Gasteiger partial charge in [-0.05, 0) is 37.5 Å². The summed E-state index contributed by atoms with van der Waals surface area (Å²) >= 11 is 1.13. The maximum absolute atomic E-state index is 13.8. The van der Waals surface area contributed by atoms with Crippen LogP contribution in [0.25, 0.3) is 10.4 Å². The molecule has 0 bridgehead atoms. The van der Waals surface area contributed by atoms with E-state index in [0.717, 1.165) is 11.3 Å². The summed E-state index contributed by atoms with van der Waals surface area (Å²) in [6.45, 7) is 0. The zero-order valence-corrected chi connectivity index (χ0v) is 14.1. The Hall–Kier alpha value is -1.89. The molecule has 1 heterocycles. The molecule has 2 atom stereocenters. The van der Waals surface area contributed by atoms with Crippen LogP contribution in [0.4, 0.5) is 17.6 Å². The Labute approximate surface area is 146 Å². The second-order valence-electron chi connectivity index (χ2n) is 6.22. The van der Waals surface area contributed by atoms with E-state index in [1.54, 1.807) is 30.3 Å². The number of nitrogens with one attached hydrogen (secondary N) is 1. The van der Waals surface area contributed by atoms with Crippen molar-refractivity contribution >= 4 is 17.2 Å². The van der Waals surface area contributed by atoms with Gasteiger partial charge >= 0.3 is 6.18 Å². The minimum absolute atomic E-state index is 0.0826. The smallest absolute Gasteiger partial charge is 0.349 e. The summed E-state index contributed by atoms with van der Waals surface area (Å²) in [5.41, 5.74) is 0.404. The lowest BCUT2D eigenvalue weighted by Gasteiger charge is -2.30. The Kier molecular flexibility index (Phi) is 5.13. The zero-order chi connectivity index (χ0) is 18.0. The molecule has 3 rings (SSSR count). The van der Waals surface area contributed by atoms with Crippen LogP contribution in [0.1, 0.15) is 35.4 Å². The summed E-state index contributed by atoms with van der Waals surface area (Å²) in [5, 5.41) is 2.69. The molecule has 1 aromatic heterocycles. The van der Waals surface area contributed by atoms with Crippen molar-refractivity contribution in [3.8, 4) is 10.4 Å². The second kappa shape index (κ2) is 7.15. The van der Waals surface area contributed by atoms with Gasteiger partial charge in [-0.3, -0.25) is 4.79 Å². The molecular formula is C18H17F4NOS.